The first kappa shape index (κ1) is 22.1. The van der Waals surface area contributed by atoms with Crippen LogP contribution in [0.3, 0.4) is 0 Å². The van der Waals surface area contributed by atoms with Gasteiger partial charge >= 0.3 is 5.97 Å². The van der Waals surface area contributed by atoms with Crippen molar-refractivity contribution in [3.8, 4) is 11.5 Å². The number of ketones is 1. The van der Waals surface area contributed by atoms with Crippen LogP contribution >= 0.6 is 0 Å². The van der Waals surface area contributed by atoms with Crippen LogP contribution < -0.4 is 14.8 Å². The van der Waals surface area contributed by atoms with Gasteiger partial charge in [-0.3, -0.25) is 9.59 Å². The lowest BCUT2D eigenvalue weighted by atomic mass is 10.1. The van der Waals surface area contributed by atoms with Gasteiger partial charge in [-0.15, -0.1) is 0 Å². The number of fused-ring (bicyclic) bond motifs is 1. The van der Waals surface area contributed by atoms with Crippen molar-refractivity contribution in [3.63, 3.8) is 0 Å². The molecule has 2 aromatic carbocycles. The summed E-state index contributed by atoms with van der Waals surface area (Å²) in [6, 6.07) is 12.4. The van der Waals surface area contributed by atoms with E-state index >= 15 is 0 Å². The van der Waals surface area contributed by atoms with Gasteiger partial charge in [0.25, 0.3) is 0 Å². The average molecular weight is 423 g/mol. The molecule has 0 aliphatic carbocycles. The van der Waals surface area contributed by atoms with E-state index in [1.54, 1.807) is 30.3 Å². The molecule has 1 heterocycles. The van der Waals surface area contributed by atoms with E-state index < -0.39 is 5.97 Å². The first-order chi connectivity index (χ1) is 15.0. The molecule has 0 atom stereocenters. The minimum Gasteiger partial charge on any atom is -0.490 e. The first-order valence-corrected chi connectivity index (χ1v) is 10.1. The van der Waals surface area contributed by atoms with Gasteiger partial charge < -0.3 is 19.5 Å². The van der Waals surface area contributed by atoms with E-state index in [0.717, 1.165) is 17.5 Å². The van der Waals surface area contributed by atoms with Crippen molar-refractivity contribution < 1.29 is 28.6 Å². The van der Waals surface area contributed by atoms with Gasteiger partial charge in [-0.05, 0) is 35.8 Å². The number of Topliss-reactive ketones (excluding diaryl/α,β-unsaturated/α-hetero) is 1. The summed E-state index contributed by atoms with van der Waals surface area (Å²) >= 11 is 0. The largest absolute Gasteiger partial charge is 0.490 e. The molecule has 1 amide bonds. The summed E-state index contributed by atoms with van der Waals surface area (Å²) in [5, 5.41) is 2.72. The highest BCUT2D eigenvalue weighted by atomic mass is 16.5. The molecule has 1 aliphatic heterocycles. The van der Waals surface area contributed by atoms with Crippen molar-refractivity contribution in [3.05, 3.63) is 65.2 Å². The van der Waals surface area contributed by atoms with E-state index in [9.17, 15) is 14.4 Å². The van der Waals surface area contributed by atoms with Gasteiger partial charge in [-0.2, -0.15) is 0 Å². The third kappa shape index (κ3) is 6.99. The van der Waals surface area contributed by atoms with Crippen LogP contribution in [0.4, 0.5) is 0 Å². The smallest absolute Gasteiger partial charge is 0.331 e. The number of hydrogen-bond acceptors (Lipinski definition) is 6. The van der Waals surface area contributed by atoms with Gasteiger partial charge in [0, 0.05) is 31.5 Å². The Kier molecular flexibility index (Phi) is 7.81. The molecule has 7 heteroatoms. The SMILES string of the molecule is CC(=O)NCCc1ccc(C(=O)COC(=O)/C=C/c2ccc3c(c2)OCCCO3)cc1. The predicted molar refractivity (Wildman–Crippen MR) is 115 cm³/mol. The number of carbonyl (C=O) groups excluding carboxylic acids is 3. The Morgan fingerprint density at radius 2 is 1.77 bits per heavy atom. The molecule has 162 valence electrons. The molecule has 0 radical (unpaired) electrons. The fraction of sp³-hybridized carbons (Fsp3) is 0.292. The van der Waals surface area contributed by atoms with Crippen molar-refractivity contribution in [1.29, 1.82) is 0 Å². The topological polar surface area (TPSA) is 90.9 Å². The maximum Gasteiger partial charge on any atom is 0.331 e. The second-order valence-electron chi connectivity index (χ2n) is 7.05. The van der Waals surface area contributed by atoms with Crippen molar-refractivity contribution in [2.24, 2.45) is 0 Å². The van der Waals surface area contributed by atoms with E-state index in [0.29, 0.717) is 43.2 Å². The summed E-state index contributed by atoms with van der Waals surface area (Å²) < 4.78 is 16.3. The fourth-order valence-electron chi connectivity index (χ4n) is 2.96. The molecule has 1 aliphatic rings. The second-order valence-corrected chi connectivity index (χ2v) is 7.05. The maximum atomic E-state index is 12.2. The zero-order valence-corrected chi connectivity index (χ0v) is 17.4. The maximum absolute atomic E-state index is 12.2. The minimum absolute atomic E-state index is 0.0768. The molecular formula is C24H25NO6. The van der Waals surface area contributed by atoms with E-state index in [4.69, 9.17) is 14.2 Å². The molecule has 0 saturated heterocycles. The standard InChI is InChI=1S/C24H25NO6/c1-17(26)25-12-11-18-3-7-20(8-4-18)21(27)16-31-24(28)10-6-19-5-9-22-23(15-19)30-14-2-13-29-22/h3-10,15H,2,11-14,16H2,1H3,(H,25,26)/b10-6+. The summed E-state index contributed by atoms with van der Waals surface area (Å²) in [5.41, 5.74) is 2.23. The highest BCUT2D eigenvalue weighted by molar-refractivity contribution is 5.98. The highest BCUT2D eigenvalue weighted by Gasteiger charge is 2.11. The summed E-state index contributed by atoms with van der Waals surface area (Å²) in [6.45, 7) is 2.87. The number of hydrogen-bond donors (Lipinski definition) is 1. The predicted octanol–water partition coefficient (Wildman–Crippen LogP) is 2.97. The van der Waals surface area contributed by atoms with E-state index in [1.807, 2.05) is 18.2 Å². The molecule has 0 fully saturated rings. The lowest BCUT2D eigenvalue weighted by molar-refractivity contribution is -0.136. The highest BCUT2D eigenvalue weighted by Crippen LogP contribution is 2.30. The van der Waals surface area contributed by atoms with Gasteiger partial charge in [-0.25, -0.2) is 4.79 Å². The Labute approximate surface area is 181 Å². The first-order valence-electron chi connectivity index (χ1n) is 10.1. The molecule has 7 nitrogen and oxygen atoms in total. The van der Waals surface area contributed by atoms with Crippen molar-refractivity contribution in [2.45, 2.75) is 19.8 Å². The molecular weight excluding hydrogens is 398 g/mol. The molecule has 3 rings (SSSR count). The molecule has 31 heavy (non-hydrogen) atoms. The number of rotatable bonds is 8. The van der Waals surface area contributed by atoms with Crippen LogP contribution in [0.2, 0.25) is 0 Å². The quantitative estimate of drug-likeness (QED) is 0.399. The van der Waals surface area contributed by atoms with Gasteiger partial charge in [0.2, 0.25) is 5.91 Å². The second kappa shape index (κ2) is 11.0. The van der Waals surface area contributed by atoms with E-state index in [-0.39, 0.29) is 18.3 Å². The minimum atomic E-state index is -0.604. The Morgan fingerprint density at radius 3 is 2.52 bits per heavy atom. The molecule has 0 unspecified atom stereocenters. The van der Waals surface area contributed by atoms with Crippen molar-refractivity contribution in [1.82, 2.24) is 5.32 Å². The number of ether oxygens (including phenoxy) is 3. The monoisotopic (exact) mass is 423 g/mol. The number of nitrogens with one attached hydrogen (secondary N) is 1. The van der Waals surface area contributed by atoms with E-state index in [2.05, 4.69) is 5.32 Å². The van der Waals surface area contributed by atoms with Crippen LogP contribution in [0.1, 0.15) is 34.8 Å². The molecule has 2 aromatic rings. The van der Waals surface area contributed by atoms with E-state index in [1.165, 1.54) is 13.0 Å². The van der Waals surface area contributed by atoms with Gasteiger partial charge in [0.05, 0.1) is 13.2 Å². The van der Waals surface area contributed by atoms with Crippen LogP contribution in [0.25, 0.3) is 6.08 Å². The van der Waals surface area contributed by atoms with Crippen molar-refractivity contribution >= 4 is 23.7 Å². The third-order valence-electron chi connectivity index (χ3n) is 4.59. The molecule has 0 aromatic heterocycles. The molecule has 1 N–H and O–H groups in total. The number of carbonyl (C=O) groups is 3. The van der Waals surface area contributed by atoms with Gasteiger partial charge in [0.1, 0.15) is 0 Å². The average Bonchev–Trinajstić information content (AvgIpc) is 3.01. The van der Waals surface area contributed by atoms with Crippen LogP contribution in [0.5, 0.6) is 11.5 Å². The summed E-state index contributed by atoms with van der Waals surface area (Å²) in [7, 11) is 0. The van der Waals surface area contributed by atoms with Crippen LogP contribution in [0.15, 0.2) is 48.5 Å². The van der Waals surface area contributed by atoms with Crippen LogP contribution in [-0.4, -0.2) is 44.0 Å². The summed E-state index contributed by atoms with van der Waals surface area (Å²) in [4.78, 5) is 35.1. The van der Waals surface area contributed by atoms with Gasteiger partial charge in [-0.1, -0.05) is 30.3 Å². The Morgan fingerprint density at radius 1 is 1.03 bits per heavy atom. The number of benzene rings is 2. The Bertz CT molecular complexity index is 965. The lowest BCUT2D eigenvalue weighted by Crippen LogP contribution is -2.22. The number of amides is 1. The van der Waals surface area contributed by atoms with Crippen LogP contribution in [0, 0.1) is 0 Å². The Balaban J connectivity index is 1.47. The zero-order chi connectivity index (χ0) is 22.1. The normalized spacial score (nSPS) is 12.8. The Hall–Kier alpha value is -3.61. The zero-order valence-electron chi connectivity index (χ0n) is 17.4. The summed E-state index contributed by atoms with van der Waals surface area (Å²) in [5.74, 6) is 0.359. The van der Waals surface area contributed by atoms with Crippen LogP contribution in [-0.2, 0) is 20.7 Å². The fourth-order valence-corrected chi connectivity index (χ4v) is 2.96. The third-order valence-corrected chi connectivity index (χ3v) is 4.59. The summed E-state index contributed by atoms with van der Waals surface area (Å²) in [6.07, 6.45) is 4.37. The number of esters is 1. The van der Waals surface area contributed by atoms with Gasteiger partial charge in [0.15, 0.2) is 23.9 Å². The molecule has 0 spiro atoms. The lowest BCUT2D eigenvalue weighted by Gasteiger charge is -2.07. The molecule has 0 saturated carbocycles. The molecule has 0 bridgehead atoms. The van der Waals surface area contributed by atoms with Crippen molar-refractivity contribution in [2.75, 3.05) is 26.4 Å².